The van der Waals surface area contributed by atoms with Gasteiger partial charge in [-0.2, -0.15) is 0 Å². The molecule has 0 fully saturated rings. The molecule has 1 atom stereocenters. The molecule has 0 saturated carbocycles. The minimum Gasteiger partial charge on any atom is -0.469 e. The minimum atomic E-state index is 0.376. The molecule has 1 nitrogen and oxygen atoms in total. The van der Waals surface area contributed by atoms with Gasteiger partial charge in [-0.25, -0.2) is 0 Å². The molecule has 0 aromatic rings. The zero-order chi connectivity index (χ0) is 7.68. The predicted molar refractivity (Wildman–Crippen MR) is 44.4 cm³/mol. The largest absolute Gasteiger partial charge is 0.469 e. The Balaban J connectivity index is 2.31. The standard InChI is InChI=1S/C10H9O/c1-8-6-9-4-2-3-5-10(9)7-11-8/h2-7,9H,1H2. The van der Waals surface area contributed by atoms with Crippen LogP contribution in [0.15, 0.2) is 48.0 Å². The molecular formula is C10H9O. The lowest BCUT2D eigenvalue weighted by atomic mass is 9.94. The molecule has 1 aliphatic heterocycles. The summed E-state index contributed by atoms with van der Waals surface area (Å²) in [6, 6.07) is 0. The highest BCUT2D eigenvalue weighted by atomic mass is 16.5. The van der Waals surface area contributed by atoms with E-state index < -0.39 is 0 Å². The third kappa shape index (κ3) is 1.14. The smallest absolute Gasteiger partial charge is 0.101 e. The molecule has 1 aliphatic carbocycles. The van der Waals surface area contributed by atoms with Gasteiger partial charge in [-0.15, -0.1) is 0 Å². The fourth-order valence-electron chi connectivity index (χ4n) is 1.23. The van der Waals surface area contributed by atoms with Gasteiger partial charge in [0.1, 0.15) is 5.76 Å². The lowest BCUT2D eigenvalue weighted by molar-refractivity contribution is 0.348. The molecule has 0 spiro atoms. The van der Waals surface area contributed by atoms with Crippen LogP contribution >= 0.6 is 0 Å². The molecule has 1 unspecified atom stereocenters. The summed E-state index contributed by atoms with van der Waals surface area (Å²) in [4.78, 5) is 0. The molecule has 1 heterocycles. The summed E-state index contributed by atoms with van der Waals surface area (Å²) < 4.78 is 5.15. The van der Waals surface area contributed by atoms with Crippen LogP contribution in [0.25, 0.3) is 0 Å². The highest BCUT2D eigenvalue weighted by molar-refractivity contribution is 5.38. The fraction of sp³-hybridized carbons (Fsp3) is 0.100. The summed E-state index contributed by atoms with van der Waals surface area (Å²) >= 11 is 0. The van der Waals surface area contributed by atoms with Gasteiger partial charge in [0, 0.05) is 12.8 Å². The number of rotatable bonds is 0. The second-order valence-corrected chi connectivity index (χ2v) is 2.64. The molecule has 2 aliphatic rings. The summed E-state index contributed by atoms with van der Waals surface area (Å²) in [7, 11) is 0. The maximum atomic E-state index is 5.15. The fourth-order valence-corrected chi connectivity index (χ4v) is 1.23. The molecule has 0 aromatic heterocycles. The number of ether oxygens (including phenoxy) is 1. The van der Waals surface area contributed by atoms with E-state index in [1.165, 1.54) is 5.57 Å². The molecule has 0 amide bonds. The van der Waals surface area contributed by atoms with Gasteiger partial charge in [-0.1, -0.05) is 24.3 Å². The van der Waals surface area contributed by atoms with E-state index >= 15 is 0 Å². The average molecular weight is 145 g/mol. The summed E-state index contributed by atoms with van der Waals surface area (Å²) in [5, 5.41) is 0. The highest BCUT2D eigenvalue weighted by Crippen LogP contribution is 2.25. The van der Waals surface area contributed by atoms with Crippen LogP contribution in [-0.2, 0) is 4.74 Å². The van der Waals surface area contributed by atoms with E-state index in [2.05, 4.69) is 13.0 Å². The normalized spacial score (nSPS) is 26.8. The van der Waals surface area contributed by atoms with Crippen molar-refractivity contribution in [3.63, 3.8) is 0 Å². The Morgan fingerprint density at radius 1 is 1.36 bits per heavy atom. The minimum absolute atomic E-state index is 0.376. The Labute approximate surface area is 66.4 Å². The molecule has 0 aromatic carbocycles. The van der Waals surface area contributed by atoms with Crippen molar-refractivity contribution in [2.24, 2.45) is 5.92 Å². The van der Waals surface area contributed by atoms with Crippen LogP contribution < -0.4 is 0 Å². The lowest BCUT2D eigenvalue weighted by Crippen LogP contribution is -2.04. The van der Waals surface area contributed by atoms with E-state index in [1.807, 2.05) is 24.3 Å². The monoisotopic (exact) mass is 145 g/mol. The predicted octanol–water partition coefficient (Wildman–Crippen LogP) is 2.36. The van der Waals surface area contributed by atoms with Crippen molar-refractivity contribution in [1.29, 1.82) is 0 Å². The van der Waals surface area contributed by atoms with E-state index in [9.17, 15) is 0 Å². The quantitative estimate of drug-likeness (QED) is 0.508. The van der Waals surface area contributed by atoms with Crippen LogP contribution in [0.4, 0.5) is 0 Å². The topological polar surface area (TPSA) is 9.23 Å². The van der Waals surface area contributed by atoms with Gasteiger partial charge in [0.15, 0.2) is 0 Å². The first-order chi connectivity index (χ1) is 5.36. The number of fused-ring (bicyclic) bond motifs is 1. The summed E-state index contributed by atoms with van der Waals surface area (Å²) in [6.45, 7) is 3.72. The molecule has 11 heavy (non-hydrogen) atoms. The van der Waals surface area contributed by atoms with Crippen molar-refractivity contribution >= 4 is 0 Å². The lowest BCUT2D eigenvalue weighted by Gasteiger charge is -2.18. The van der Waals surface area contributed by atoms with Crippen LogP contribution in [0.1, 0.15) is 0 Å². The maximum absolute atomic E-state index is 5.15. The van der Waals surface area contributed by atoms with Gasteiger partial charge in [0.25, 0.3) is 0 Å². The van der Waals surface area contributed by atoms with Gasteiger partial charge in [-0.3, -0.25) is 0 Å². The SMILES string of the molecule is [CH2]C1=CC2C=CC=CC2=CO1. The van der Waals surface area contributed by atoms with Crippen LogP contribution in [0.3, 0.4) is 0 Å². The van der Waals surface area contributed by atoms with Gasteiger partial charge in [-0.05, 0) is 11.6 Å². The second-order valence-electron chi connectivity index (χ2n) is 2.64. The van der Waals surface area contributed by atoms with Crippen molar-refractivity contribution < 1.29 is 4.74 Å². The summed E-state index contributed by atoms with van der Waals surface area (Å²) in [5.74, 6) is 1.11. The zero-order valence-electron chi connectivity index (χ0n) is 6.16. The first-order valence-corrected chi connectivity index (χ1v) is 3.61. The van der Waals surface area contributed by atoms with Gasteiger partial charge >= 0.3 is 0 Å². The van der Waals surface area contributed by atoms with E-state index in [0.29, 0.717) is 5.92 Å². The van der Waals surface area contributed by atoms with Crippen LogP contribution in [0.5, 0.6) is 0 Å². The maximum Gasteiger partial charge on any atom is 0.101 e. The molecular weight excluding hydrogens is 136 g/mol. The van der Waals surface area contributed by atoms with Crippen LogP contribution in [0, 0.1) is 12.8 Å². The Morgan fingerprint density at radius 3 is 3.18 bits per heavy atom. The third-order valence-electron chi connectivity index (χ3n) is 1.81. The van der Waals surface area contributed by atoms with E-state index in [0.717, 1.165) is 5.76 Å². The van der Waals surface area contributed by atoms with Crippen molar-refractivity contribution in [2.75, 3.05) is 0 Å². The third-order valence-corrected chi connectivity index (χ3v) is 1.81. The Bertz CT molecular complexity index is 279. The second kappa shape index (κ2) is 2.42. The Morgan fingerprint density at radius 2 is 2.27 bits per heavy atom. The number of allylic oxidation sites excluding steroid dienone is 7. The van der Waals surface area contributed by atoms with Crippen molar-refractivity contribution in [3.8, 4) is 0 Å². The first kappa shape index (κ1) is 6.47. The highest BCUT2D eigenvalue weighted by Gasteiger charge is 2.13. The van der Waals surface area contributed by atoms with E-state index in [1.54, 1.807) is 6.26 Å². The Kier molecular flexibility index (Phi) is 1.42. The molecule has 0 saturated heterocycles. The Hall–Kier alpha value is -1.24. The number of hydrogen-bond acceptors (Lipinski definition) is 1. The summed E-state index contributed by atoms with van der Waals surface area (Å²) in [6.07, 6.45) is 12.0. The molecule has 1 heteroatoms. The van der Waals surface area contributed by atoms with Crippen LogP contribution in [0.2, 0.25) is 0 Å². The van der Waals surface area contributed by atoms with E-state index in [4.69, 9.17) is 4.74 Å². The molecule has 2 rings (SSSR count). The zero-order valence-corrected chi connectivity index (χ0v) is 6.16. The molecule has 55 valence electrons. The van der Waals surface area contributed by atoms with Crippen molar-refractivity contribution in [2.45, 2.75) is 0 Å². The van der Waals surface area contributed by atoms with Gasteiger partial charge in [0.05, 0.1) is 6.26 Å². The van der Waals surface area contributed by atoms with E-state index in [-0.39, 0.29) is 0 Å². The average Bonchev–Trinajstić information content (AvgIpc) is 2.04. The molecule has 0 N–H and O–H groups in total. The number of hydrogen-bond donors (Lipinski definition) is 0. The van der Waals surface area contributed by atoms with Crippen LogP contribution in [-0.4, -0.2) is 0 Å². The molecule has 1 radical (unpaired) electrons. The molecule has 0 bridgehead atoms. The van der Waals surface area contributed by atoms with Crippen molar-refractivity contribution in [1.82, 2.24) is 0 Å². The first-order valence-electron chi connectivity index (χ1n) is 3.61. The van der Waals surface area contributed by atoms with Crippen molar-refractivity contribution in [3.05, 3.63) is 54.9 Å². The van der Waals surface area contributed by atoms with Gasteiger partial charge in [0.2, 0.25) is 0 Å². The van der Waals surface area contributed by atoms with Gasteiger partial charge < -0.3 is 4.74 Å². The summed E-state index contributed by atoms with van der Waals surface area (Å²) in [5.41, 5.74) is 1.19.